The summed E-state index contributed by atoms with van der Waals surface area (Å²) in [4.78, 5) is 19.3. The Balaban J connectivity index is 1.52. The molecule has 31 heavy (non-hydrogen) atoms. The van der Waals surface area contributed by atoms with Gasteiger partial charge in [-0.25, -0.2) is 0 Å². The van der Waals surface area contributed by atoms with Crippen molar-refractivity contribution in [3.63, 3.8) is 0 Å². The van der Waals surface area contributed by atoms with Crippen molar-refractivity contribution >= 4 is 10.9 Å². The fourth-order valence-electron chi connectivity index (χ4n) is 3.69. The van der Waals surface area contributed by atoms with E-state index in [1.54, 1.807) is 24.0 Å². The van der Waals surface area contributed by atoms with Crippen molar-refractivity contribution in [1.29, 1.82) is 0 Å². The van der Waals surface area contributed by atoms with Crippen LogP contribution < -0.4 is 10.3 Å². The molecule has 0 unspecified atom stereocenters. The first-order valence-electron chi connectivity index (χ1n) is 9.94. The zero-order chi connectivity index (χ0) is 21.4. The van der Waals surface area contributed by atoms with Crippen molar-refractivity contribution < 1.29 is 4.74 Å². The molecule has 0 radical (unpaired) electrons. The predicted molar refractivity (Wildman–Crippen MR) is 121 cm³/mol. The molecule has 0 aliphatic carbocycles. The first-order chi connectivity index (χ1) is 15.1. The summed E-state index contributed by atoms with van der Waals surface area (Å²) >= 11 is 0. The maximum atomic E-state index is 12.3. The molecule has 0 fully saturated rings. The van der Waals surface area contributed by atoms with E-state index in [0.717, 1.165) is 33.3 Å². The number of hydrogen-bond acceptors (Lipinski definition) is 4. The second-order valence-electron chi connectivity index (χ2n) is 7.38. The molecule has 6 nitrogen and oxygen atoms in total. The number of benzene rings is 2. The number of hydrogen-bond donors (Lipinski definition) is 1. The molecule has 0 bridgehead atoms. The molecule has 3 heterocycles. The van der Waals surface area contributed by atoms with E-state index in [1.807, 2.05) is 73.9 Å². The lowest BCUT2D eigenvalue weighted by molar-refractivity contribution is 0.483. The monoisotopic (exact) mass is 408 g/mol. The molecular formula is C25H20N4O2. The van der Waals surface area contributed by atoms with Crippen LogP contribution in [0.3, 0.4) is 0 Å². The van der Waals surface area contributed by atoms with E-state index in [-0.39, 0.29) is 5.56 Å². The summed E-state index contributed by atoms with van der Waals surface area (Å²) in [6.45, 7) is 1.77. The van der Waals surface area contributed by atoms with Crippen molar-refractivity contribution in [3.05, 3.63) is 95.2 Å². The highest BCUT2D eigenvalue weighted by Crippen LogP contribution is 2.34. The standard InChI is InChI=1S/C25H20N4O2/c1-16-24(20-5-3-4-6-22(20)27-25(16)30)31-19-9-7-18(8-10-19)23-21(15-29(2)28-23)17-11-13-26-14-12-17/h3-15H,1-2H3,(H,27,30). The Morgan fingerprint density at radius 2 is 1.68 bits per heavy atom. The van der Waals surface area contributed by atoms with Crippen molar-refractivity contribution in [2.24, 2.45) is 7.05 Å². The zero-order valence-electron chi connectivity index (χ0n) is 17.2. The molecule has 5 rings (SSSR count). The lowest BCUT2D eigenvalue weighted by atomic mass is 10.0. The van der Waals surface area contributed by atoms with Crippen LogP contribution in [0.1, 0.15) is 5.56 Å². The summed E-state index contributed by atoms with van der Waals surface area (Å²) in [7, 11) is 1.91. The van der Waals surface area contributed by atoms with Crippen molar-refractivity contribution in [2.45, 2.75) is 6.92 Å². The number of rotatable bonds is 4. The van der Waals surface area contributed by atoms with Gasteiger partial charge in [0.1, 0.15) is 17.2 Å². The van der Waals surface area contributed by atoms with Gasteiger partial charge in [-0.1, -0.05) is 12.1 Å². The minimum atomic E-state index is -0.152. The highest BCUT2D eigenvalue weighted by molar-refractivity contribution is 5.86. The number of nitrogens with zero attached hydrogens (tertiary/aromatic N) is 3. The van der Waals surface area contributed by atoms with Gasteiger partial charge < -0.3 is 9.72 Å². The van der Waals surface area contributed by atoms with Gasteiger partial charge in [0.05, 0.1) is 11.1 Å². The van der Waals surface area contributed by atoms with Gasteiger partial charge in [-0.2, -0.15) is 5.10 Å². The average molecular weight is 408 g/mol. The SMILES string of the molecule is Cc1c(Oc2ccc(-c3nn(C)cc3-c3ccncc3)cc2)c2ccccc2[nH]c1=O. The zero-order valence-corrected chi connectivity index (χ0v) is 17.2. The van der Waals surface area contributed by atoms with Crippen LogP contribution in [0.15, 0.2) is 84.0 Å². The number of aromatic nitrogens is 4. The van der Waals surface area contributed by atoms with Gasteiger partial charge in [0.2, 0.25) is 0 Å². The van der Waals surface area contributed by atoms with Crippen molar-refractivity contribution in [1.82, 2.24) is 19.7 Å². The third-order valence-corrected chi connectivity index (χ3v) is 5.27. The van der Waals surface area contributed by atoms with Crippen LogP contribution in [0.2, 0.25) is 0 Å². The Bertz CT molecular complexity index is 1430. The summed E-state index contributed by atoms with van der Waals surface area (Å²) in [6, 6.07) is 19.3. The van der Waals surface area contributed by atoms with Crippen LogP contribution in [0.5, 0.6) is 11.5 Å². The topological polar surface area (TPSA) is 72.8 Å². The molecule has 0 aliphatic rings. The summed E-state index contributed by atoms with van der Waals surface area (Å²) in [6.07, 6.45) is 5.55. The highest BCUT2D eigenvalue weighted by atomic mass is 16.5. The number of pyridine rings is 2. The molecule has 0 amide bonds. The minimum absolute atomic E-state index is 0.152. The third-order valence-electron chi connectivity index (χ3n) is 5.27. The molecule has 5 aromatic rings. The fraction of sp³-hybridized carbons (Fsp3) is 0.0800. The first kappa shape index (κ1) is 18.8. The van der Waals surface area contributed by atoms with E-state index in [2.05, 4.69) is 15.1 Å². The van der Waals surface area contributed by atoms with Crippen LogP contribution in [-0.4, -0.2) is 19.7 Å². The number of aryl methyl sites for hydroxylation is 1. The lowest BCUT2D eigenvalue weighted by Crippen LogP contribution is -2.10. The number of ether oxygens (including phenoxy) is 1. The first-order valence-corrected chi connectivity index (χ1v) is 9.94. The van der Waals surface area contributed by atoms with E-state index in [1.165, 1.54) is 0 Å². The third kappa shape index (κ3) is 3.48. The summed E-state index contributed by atoms with van der Waals surface area (Å²) < 4.78 is 7.97. The van der Waals surface area contributed by atoms with Gasteiger partial charge in [0, 0.05) is 42.2 Å². The van der Waals surface area contributed by atoms with Gasteiger partial charge in [0.15, 0.2) is 0 Å². The van der Waals surface area contributed by atoms with Gasteiger partial charge in [-0.3, -0.25) is 14.5 Å². The molecule has 0 atom stereocenters. The Hall–Kier alpha value is -4.19. The second-order valence-corrected chi connectivity index (χ2v) is 7.38. The van der Waals surface area contributed by atoms with Crippen LogP contribution in [-0.2, 0) is 7.05 Å². The normalized spacial score (nSPS) is 11.0. The second kappa shape index (κ2) is 7.57. The Labute approximate surface area is 178 Å². The molecule has 1 N–H and O–H groups in total. The Morgan fingerprint density at radius 1 is 0.935 bits per heavy atom. The van der Waals surface area contributed by atoms with Gasteiger partial charge >= 0.3 is 0 Å². The lowest BCUT2D eigenvalue weighted by Gasteiger charge is -2.12. The maximum absolute atomic E-state index is 12.3. The molecule has 6 heteroatoms. The van der Waals surface area contributed by atoms with Gasteiger partial charge in [-0.05, 0) is 61.0 Å². The highest BCUT2D eigenvalue weighted by Gasteiger charge is 2.14. The van der Waals surface area contributed by atoms with Crippen molar-refractivity contribution in [3.8, 4) is 33.9 Å². The summed E-state index contributed by atoms with van der Waals surface area (Å²) in [5.41, 5.74) is 5.11. The summed E-state index contributed by atoms with van der Waals surface area (Å²) in [5, 5.41) is 5.52. The van der Waals surface area contributed by atoms with Crippen molar-refractivity contribution in [2.75, 3.05) is 0 Å². The van der Waals surface area contributed by atoms with Gasteiger partial charge in [-0.15, -0.1) is 0 Å². The van der Waals surface area contributed by atoms with Crippen LogP contribution in [0.4, 0.5) is 0 Å². The Kier molecular flexibility index (Phi) is 4.59. The molecule has 0 saturated heterocycles. The quantitative estimate of drug-likeness (QED) is 0.449. The van der Waals surface area contributed by atoms with E-state index in [4.69, 9.17) is 4.74 Å². The van der Waals surface area contributed by atoms with E-state index in [0.29, 0.717) is 17.1 Å². The van der Waals surface area contributed by atoms with E-state index in [9.17, 15) is 4.79 Å². The molecule has 0 saturated carbocycles. The average Bonchev–Trinajstić information content (AvgIpc) is 3.19. The fourth-order valence-corrected chi connectivity index (χ4v) is 3.69. The van der Waals surface area contributed by atoms with Gasteiger partial charge in [0.25, 0.3) is 5.56 Å². The van der Waals surface area contributed by atoms with Crippen LogP contribution in [0, 0.1) is 6.92 Å². The smallest absolute Gasteiger partial charge is 0.255 e. The number of fused-ring (bicyclic) bond motifs is 1. The van der Waals surface area contributed by atoms with E-state index >= 15 is 0 Å². The number of nitrogens with one attached hydrogen (secondary N) is 1. The number of aromatic amines is 1. The van der Waals surface area contributed by atoms with Crippen LogP contribution >= 0.6 is 0 Å². The Morgan fingerprint density at radius 3 is 2.45 bits per heavy atom. The molecule has 3 aromatic heterocycles. The maximum Gasteiger partial charge on any atom is 0.255 e. The molecular weight excluding hydrogens is 388 g/mol. The summed E-state index contributed by atoms with van der Waals surface area (Å²) in [5.74, 6) is 1.23. The van der Waals surface area contributed by atoms with Crippen LogP contribution in [0.25, 0.3) is 33.3 Å². The molecule has 2 aromatic carbocycles. The molecule has 0 aliphatic heterocycles. The largest absolute Gasteiger partial charge is 0.456 e. The predicted octanol–water partition coefficient (Wildman–Crippen LogP) is 5.09. The number of para-hydroxylation sites is 1. The number of H-pyrrole nitrogens is 1. The minimum Gasteiger partial charge on any atom is -0.456 e. The van der Waals surface area contributed by atoms with E-state index < -0.39 is 0 Å². The molecule has 152 valence electrons. The molecule has 0 spiro atoms.